The number of hydrogen-bond donors (Lipinski definition) is 4. The summed E-state index contributed by atoms with van der Waals surface area (Å²) in [5.41, 5.74) is 6.87. The standard InChI is InChI=1S/C39H53N7O4/c1-6-19-46(39(49)36(26(2)3)41-27(4)48)24-35-42-33(25-50-22-8-7-21-47)37(44-35)31-17-13-29(14-18-31)28-11-15-30(16-12-28)32-23-40-38(43-32)34-10-9-20-45(34)5/h11-18,23,26,34,36,47H,6-10,19-22,24-25H2,1-5H3,(H,40,43)(H,41,48)(H,42,44). The Balaban J connectivity index is 1.34. The van der Waals surface area contributed by atoms with Crippen molar-refractivity contribution in [1.29, 1.82) is 0 Å². The number of carbonyl (C=O) groups is 2. The Morgan fingerprint density at radius 1 is 1.04 bits per heavy atom. The Kier molecular flexibility index (Phi) is 13.0. The zero-order valence-electron chi connectivity index (χ0n) is 30.2. The summed E-state index contributed by atoms with van der Waals surface area (Å²) in [7, 11) is 2.16. The van der Waals surface area contributed by atoms with Crippen molar-refractivity contribution in [2.24, 2.45) is 5.92 Å². The molecule has 2 unspecified atom stereocenters. The minimum atomic E-state index is -0.611. The van der Waals surface area contributed by atoms with Gasteiger partial charge in [0, 0.05) is 32.2 Å². The fraction of sp³-hybridized carbons (Fsp3) is 0.487. The zero-order chi connectivity index (χ0) is 35.6. The van der Waals surface area contributed by atoms with Crippen LogP contribution in [0.25, 0.3) is 33.6 Å². The zero-order valence-corrected chi connectivity index (χ0v) is 30.2. The first kappa shape index (κ1) is 36.9. The molecule has 2 aromatic heterocycles. The fourth-order valence-electron chi connectivity index (χ4n) is 6.59. The fourth-order valence-corrected chi connectivity index (χ4v) is 6.59. The van der Waals surface area contributed by atoms with E-state index in [9.17, 15) is 9.59 Å². The molecule has 4 N–H and O–H groups in total. The van der Waals surface area contributed by atoms with Crippen LogP contribution in [0, 0.1) is 5.92 Å². The Morgan fingerprint density at radius 3 is 2.32 bits per heavy atom. The SMILES string of the molecule is CCCN(Cc1nc(-c2ccc(-c3ccc(-c4cnc(C5CCCN5C)[nH]4)cc3)cc2)c(COCCCCO)[nH]1)C(=O)C(NC(C)=O)C(C)C. The largest absolute Gasteiger partial charge is 0.396 e. The Hall–Kier alpha value is -4.32. The third kappa shape index (κ3) is 9.26. The number of aromatic amines is 2. The summed E-state index contributed by atoms with van der Waals surface area (Å²) >= 11 is 0. The molecule has 4 aromatic rings. The van der Waals surface area contributed by atoms with Crippen LogP contribution < -0.4 is 5.32 Å². The number of hydrogen-bond acceptors (Lipinski definition) is 7. The number of carbonyl (C=O) groups excluding carboxylic acids is 2. The van der Waals surface area contributed by atoms with Gasteiger partial charge in [-0.1, -0.05) is 69.3 Å². The van der Waals surface area contributed by atoms with Crippen molar-refractivity contribution in [3.05, 3.63) is 72.1 Å². The third-order valence-corrected chi connectivity index (χ3v) is 9.33. The van der Waals surface area contributed by atoms with E-state index in [0.29, 0.717) is 38.0 Å². The van der Waals surface area contributed by atoms with Crippen LogP contribution in [0.5, 0.6) is 0 Å². The number of imidazole rings is 2. The van der Waals surface area contributed by atoms with Crippen molar-refractivity contribution in [3.63, 3.8) is 0 Å². The van der Waals surface area contributed by atoms with E-state index in [0.717, 1.165) is 71.0 Å². The molecule has 0 aliphatic carbocycles. The van der Waals surface area contributed by atoms with Crippen LogP contribution in [0.3, 0.4) is 0 Å². The van der Waals surface area contributed by atoms with Crippen LogP contribution >= 0.6 is 0 Å². The smallest absolute Gasteiger partial charge is 0.245 e. The average molecular weight is 684 g/mol. The number of H-pyrrole nitrogens is 2. The normalized spacial score (nSPS) is 15.5. The van der Waals surface area contributed by atoms with Crippen LogP contribution in [0.2, 0.25) is 0 Å². The number of amides is 2. The second-order valence-electron chi connectivity index (χ2n) is 13.7. The number of ether oxygens (including phenoxy) is 1. The lowest BCUT2D eigenvalue weighted by atomic mass is 10.0. The Morgan fingerprint density at radius 2 is 1.72 bits per heavy atom. The van der Waals surface area contributed by atoms with Gasteiger partial charge in [-0.25, -0.2) is 9.97 Å². The summed E-state index contributed by atoms with van der Waals surface area (Å²) in [5, 5.41) is 12.0. The highest BCUT2D eigenvalue weighted by Crippen LogP contribution is 2.31. The van der Waals surface area contributed by atoms with E-state index in [1.54, 1.807) is 4.90 Å². The summed E-state index contributed by atoms with van der Waals surface area (Å²) in [6, 6.07) is 16.6. The van der Waals surface area contributed by atoms with Gasteiger partial charge in [0.2, 0.25) is 11.8 Å². The van der Waals surface area contributed by atoms with E-state index in [1.807, 2.05) is 27.0 Å². The van der Waals surface area contributed by atoms with Gasteiger partial charge in [0.25, 0.3) is 0 Å². The molecule has 50 heavy (non-hydrogen) atoms. The molecule has 11 heteroatoms. The van der Waals surface area contributed by atoms with Crippen molar-refractivity contribution >= 4 is 11.8 Å². The van der Waals surface area contributed by atoms with E-state index >= 15 is 0 Å². The number of rotatable bonds is 17. The van der Waals surface area contributed by atoms with E-state index in [2.05, 4.69) is 80.7 Å². The first-order valence-corrected chi connectivity index (χ1v) is 18.0. The second kappa shape index (κ2) is 17.6. The van der Waals surface area contributed by atoms with E-state index in [1.165, 1.54) is 13.3 Å². The van der Waals surface area contributed by atoms with Crippen LogP contribution in [0.4, 0.5) is 0 Å². The molecule has 1 aliphatic heterocycles. The van der Waals surface area contributed by atoms with Crippen LogP contribution in [-0.4, -0.2) is 86.0 Å². The van der Waals surface area contributed by atoms with Crippen molar-refractivity contribution in [1.82, 2.24) is 35.1 Å². The maximum Gasteiger partial charge on any atom is 0.245 e. The maximum absolute atomic E-state index is 13.6. The number of benzene rings is 2. The Labute approximate surface area is 295 Å². The molecule has 1 saturated heterocycles. The van der Waals surface area contributed by atoms with Gasteiger partial charge in [-0.05, 0) is 68.3 Å². The molecule has 2 atom stereocenters. The number of nitrogens with one attached hydrogen (secondary N) is 3. The lowest BCUT2D eigenvalue weighted by Crippen LogP contribution is -2.50. The molecule has 268 valence electrons. The van der Waals surface area contributed by atoms with Crippen LogP contribution in [0.15, 0.2) is 54.7 Å². The van der Waals surface area contributed by atoms with E-state index in [-0.39, 0.29) is 30.9 Å². The highest BCUT2D eigenvalue weighted by atomic mass is 16.5. The lowest BCUT2D eigenvalue weighted by Gasteiger charge is -2.29. The number of likely N-dealkylation sites (tertiary alicyclic amines) is 1. The summed E-state index contributed by atoms with van der Waals surface area (Å²) in [5.74, 6) is 1.28. The van der Waals surface area contributed by atoms with Crippen molar-refractivity contribution in [2.45, 2.75) is 85.0 Å². The molecule has 1 fully saturated rings. The van der Waals surface area contributed by atoms with Gasteiger partial charge in [0.05, 0.1) is 42.5 Å². The monoisotopic (exact) mass is 683 g/mol. The molecule has 1 aliphatic rings. The molecule has 0 bridgehead atoms. The summed E-state index contributed by atoms with van der Waals surface area (Å²) < 4.78 is 5.97. The van der Waals surface area contributed by atoms with Gasteiger partial charge >= 0.3 is 0 Å². The van der Waals surface area contributed by atoms with Gasteiger partial charge in [0.15, 0.2) is 0 Å². The van der Waals surface area contributed by atoms with Crippen molar-refractivity contribution in [3.8, 4) is 33.6 Å². The van der Waals surface area contributed by atoms with Gasteiger partial charge in [0.1, 0.15) is 17.7 Å². The van der Waals surface area contributed by atoms with Crippen LogP contribution in [-0.2, 0) is 27.5 Å². The lowest BCUT2D eigenvalue weighted by molar-refractivity contribution is -0.138. The molecule has 0 saturated carbocycles. The molecule has 11 nitrogen and oxygen atoms in total. The molecule has 3 heterocycles. The maximum atomic E-state index is 13.6. The predicted molar refractivity (Wildman–Crippen MR) is 196 cm³/mol. The van der Waals surface area contributed by atoms with Crippen molar-refractivity contribution in [2.75, 3.05) is 33.4 Å². The highest BCUT2D eigenvalue weighted by Gasteiger charge is 2.29. The average Bonchev–Trinajstić information content (AvgIpc) is 3.87. The molecule has 2 amide bonds. The minimum absolute atomic E-state index is 0.0577. The van der Waals surface area contributed by atoms with Crippen molar-refractivity contribution < 1.29 is 19.4 Å². The highest BCUT2D eigenvalue weighted by molar-refractivity contribution is 5.87. The number of unbranched alkanes of at least 4 members (excludes halogenated alkanes) is 1. The second-order valence-corrected chi connectivity index (χ2v) is 13.7. The topological polar surface area (TPSA) is 139 Å². The van der Waals surface area contributed by atoms with Gasteiger partial charge in [-0.15, -0.1) is 0 Å². The summed E-state index contributed by atoms with van der Waals surface area (Å²) in [4.78, 5) is 46.2. The number of aliphatic hydroxyl groups is 1. The molecule has 0 radical (unpaired) electrons. The van der Waals surface area contributed by atoms with Gasteiger partial charge < -0.3 is 30.0 Å². The van der Waals surface area contributed by atoms with E-state index in [4.69, 9.17) is 14.8 Å². The molecule has 5 rings (SSSR count). The summed E-state index contributed by atoms with van der Waals surface area (Å²) in [6.07, 6.45) is 6.48. The first-order valence-electron chi connectivity index (χ1n) is 18.0. The van der Waals surface area contributed by atoms with Crippen LogP contribution in [0.1, 0.15) is 83.2 Å². The van der Waals surface area contributed by atoms with Gasteiger partial charge in [-0.3, -0.25) is 14.5 Å². The Bertz CT molecular complexity index is 1680. The molecular formula is C39H53N7O4. The third-order valence-electron chi connectivity index (χ3n) is 9.33. The number of aromatic nitrogens is 4. The minimum Gasteiger partial charge on any atom is -0.396 e. The molecule has 0 spiro atoms. The molecule has 2 aromatic carbocycles. The molecular weight excluding hydrogens is 630 g/mol. The van der Waals surface area contributed by atoms with Gasteiger partial charge in [-0.2, -0.15) is 0 Å². The number of aliphatic hydroxyl groups excluding tert-OH is 1. The number of nitrogens with zero attached hydrogens (tertiary/aromatic N) is 4. The first-order chi connectivity index (χ1) is 24.2. The quantitative estimate of drug-likeness (QED) is 0.0989. The predicted octanol–water partition coefficient (Wildman–Crippen LogP) is 6.09. The summed E-state index contributed by atoms with van der Waals surface area (Å²) in [6.45, 7) is 10.2. The van der Waals surface area contributed by atoms with E-state index < -0.39 is 6.04 Å².